The number of oxazole rings is 1. The monoisotopic (exact) mass is 385 g/mol. The minimum absolute atomic E-state index is 0. The van der Waals surface area contributed by atoms with Crippen LogP contribution in [0.15, 0.2) is 40.9 Å². The van der Waals surface area contributed by atoms with Crippen LogP contribution in [-0.2, 0) is 11.2 Å². The standard InChI is InChI=1S/C18H23N3O2.2ClH/c1-19-12-15-8-5-11-21(15)18(22)10-9-17-20-13-16(23-17)14-6-3-2-4-7-14;;/h2-4,6-7,13,15,19H,5,8-12H2,1H3;2*1H. The van der Waals surface area contributed by atoms with Crippen molar-refractivity contribution < 1.29 is 9.21 Å². The van der Waals surface area contributed by atoms with Crippen molar-refractivity contribution in [3.8, 4) is 11.3 Å². The van der Waals surface area contributed by atoms with Gasteiger partial charge in [0.25, 0.3) is 0 Å². The predicted octanol–water partition coefficient (Wildman–Crippen LogP) is 3.33. The second-order valence-corrected chi connectivity index (χ2v) is 5.93. The molecule has 25 heavy (non-hydrogen) atoms. The number of nitrogens with zero attached hydrogens (tertiary/aromatic N) is 2. The SMILES string of the molecule is CNCC1CCCN1C(=O)CCc1ncc(-c2ccccc2)o1.Cl.Cl. The van der Waals surface area contributed by atoms with Gasteiger partial charge >= 0.3 is 0 Å². The number of halogens is 2. The summed E-state index contributed by atoms with van der Waals surface area (Å²) < 4.78 is 5.76. The zero-order chi connectivity index (χ0) is 16.1. The van der Waals surface area contributed by atoms with Gasteiger partial charge in [-0.15, -0.1) is 24.8 Å². The van der Waals surface area contributed by atoms with E-state index >= 15 is 0 Å². The van der Waals surface area contributed by atoms with Crippen LogP contribution in [0.2, 0.25) is 0 Å². The minimum atomic E-state index is 0. The van der Waals surface area contributed by atoms with Gasteiger partial charge in [-0.3, -0.25) is 4.79 Å². The molecule has 0 saturated carbocycles. The highest BCUT2D eigenvalue weighted by Gasteiger charge is 2.27. The molecular weight excluding hydrogens is 361 g/mol. The van der Waals surface area contributed by atoms with Gasteiger partial charge < -0.3 is 14.6 Å². The van der Waals surface area contributed by atoms with Gasteiger partial charge in [0.2, 0.25) is 5.91 Å². The van der Waals surface area contributed by atoms with Gasteiger partial charge in [0.15, 0.2) is 11.7 Å². The molecule has 0 radical (unpaired) electrons. The fraction of sp³-hybridized carbons (Fsp3) is 0.444. The van der Waals surface area contributed by atoms with Gasteiger partial charge in [0.05, 0.1) is 6.20 Å². The summed E-state index contributed by atoms with van der Waals surface area (Å²) in [5.74, 6) is 1.58. The van der Waals surface area contributed by atoms with Crippen LogP contribution in [0.25, 0.3) is 11.3 Å². The summed E-state index contributed by atoms with van der Waals surface area (Å²) in [4.78, 5) is 18.7. The lowest BCUT2D eigenvalue weighted by Gasteiger charge is -2.24. The zero-order valence-electron chi connectivity index (χ0n) is 14.3. The summed E-state index contributed by atoms with van der Waals surface area (Å²) in [5.41, 5.74) is 1.01. The lowest BCUT2D eigenvalue weighted by molar-refractivity contribution is -0.131. The van der Waals surface area contributed by atoms with Crippen LogP contribution in [0, 0.1) is 0 Å². The molecule has 1 aliphatic heterocycles. The summed E-state index contributed by atoms with van der Waals surface area (Å²) in [6.07, 6.45) is 4.91. The Bertz CT molecular complexity index is 649. The molecule has 5 nitrogen and oxygen atoms in total. The Balaban J connectivity index is 0.00000156. The second kappa shape index (κ2) is 10.4. The number of carbonyl (C=O) groups is 1. The van der Waals surface area contributed by atoms with Gasteiger partial charge in [-0.25, -0.2) is 4.98 Å². The van der Waals surface area contributed by atoms with E-state index in [4.69, 9.17) is 4.42 Å². The third kappa shape index (κ3) is 5.46. The fourth-order valence-corrected chi connectivity index (χ4v) is 3.13. The molecule has 0 spiro atoms. The molecule has 1 atom stereocenters. The van der Waals surface area contributed by atoms with Crippen LogP contribution in [0.5, 0.6) is 0 Å². The summed E-state index contributed by atoms with van der Waals surface area (Å²) >= 11 is 0. The van der Waals surface area contributed by atoms with Crippen molar-refractivity contribution in [2.24, 2.45) is 0 Å². The number of likely N-dealkylation sites (N-methyl/N-ethyl adjacent to an activating group) is 1. The summed E-state index contributed by atoms with van der Waals surface area (Å²) in [7, 11) is 1.93. The topological polar surface area (TPSA) is 58.4 Å². The number of benzene rings is 1. The van der Waals surface area contributed by atoms with Crippen molar-refractivity contribution in [1.29, 1.82) is 0 Å². The number of hydrogen-bond acceptors (Lipinski definition) is 4. The number of nitrogens with one attached hydrogen (secondary N) is 1. The molecule has 2 heterocycles. The average Bonchev–Trinajstić information content (AvgIpc) is 3.23. The molecule has 3 rings (SSSR count). The maximum absolute atomic E-state index is 12.4. The molecule has 1 amide bonds. The van der Waals surface area contributed by atoms with E-state index in [1.54, 1.807) is 6.20 Å². The van der Waals surface area contributed by atoms with Crippen LogP contribution >= 0.6 is 24.8 Å². The van der Waals surface area contributed by atoms with E-state index in [1.165, 1.54) is 0 Å². The molecule has 1 aliphatic rings. The number of aryl methyl sites for hydroxylation is 1. The zero-order valence-corrected chi connectivity index (χ0v) is 15.9. The summed E-state index contributed by atoms with van der Waals surface area (Å²) in [5, 5.41) is 3.17. The lowest BCUT2D eigenvalue weighted by atomic mass is 10.2. The lowest BCUT2D eigenvalue weighted by Crippen LogP contribution is -2.40. The molecule has 0 bridgehead atoms. The molecular formula is C18H25Cl2N3O2. The summed E-state index contributed by atoms with van der Waals surface area (Å²) in [6, 6.07) is 10.2. The Morgan fingerprint density at radius 3 is 2.80 bits per heavy atom. The maximum Gasteiger partial charge on any atom is 0.223 e. The Hall–Kier alpha value is -1.56. The Morgan fingerprint density at radius 2 is 2.08 bits per heavy atom. The van der Waals surface area contributed by atoms with Crippen molar-refractivity contribution in [2.45, 2.75) is 31.7 Å². The van der Waals surface area contributed by atoms with Crippen LogP contribution in [-0.4, -0.2) is 42.0 Å². The molecule has 1 aromatic carbocycles. The van der Waals surface area contributed by atoms with E-state index < -0.39 is 0 Å². The third-order valence-electron chi connectivity index (χ3n) is 4.30. The molecule has 138 valence electrons. The number of rotatable bonds is 6. The number of hydrogen-bond donors (Lipinski definition) is 1. The van der Waals surface area contributed by atoms with Gasteiger partial charge in [-0.05, 0) is 19.9 Å². The Labute approximate surface area is 161 Å². The van der Waals surface area contributed by atoms with E-state index in [2.05, 4.69) is 10.3 Å². The molecule has 7 heteroatoms. The van der Waals surface area contributed by atoms with Crippen LogP contribution in [0.1, 0.15) is 25.2 Å². The van der Waals surface area contributed by atoms with Gasteiger partial charge in [0.1, 0.15) is 0 Å². The molecule has 0 aliphatic carbocycles. The smallest absolute Gasteiger partial charge is 0.223 e. The van der Waals surface area contributed by atoms with E-state index in [9.17, 15) is 4.79 Å². The van der Waals surface area contributed by atoms with Gasteiger partial charge in [-0.1, -0.05) is 30.3 Å². The minimum Gasteiger partial charge on any atom is -0.441 e. The van der Waals surface area contributed by atoms with Crippen LogP contribution in [0.4, 0.5) is 0 Å². The average molecular weight is 386 g/mol. The first-order chi connectivity index (χ1) is 11.3. The van der Waals surface area contributed by atoms with Crippen molar-refractivity contribution in [2.75, 3.05) is 20.1 Å². The molecule has 1 aromatic heterocycles. The predicted molar refractivity (Wildman–Crippen MR) is 103 cm³/mol. The summed E-state index contributed by atoms with van der Waals surface area (Å²) in [6.45, 7) is 1.73. The number of amides is 1. The second-order valence-electron chi connectivity index (χ2n) is 5.93. The molecule has 1 unspecified atom stereocenters. The molecule has 2 aromatic rings. The van der Waals surface area contributed by atoms with Crippen molar-refractivity contribution >= 4 is 30.7 Å². The van der Waals surface area contributed by atoms with Crippen molar-refractivity contribution in [3.05, 3.63) is 42.4 Å². The molecule has 1 saturated heterocycles. The van der Waals surface area contributed by atoms with Crippen LogP contribution in [0.3, 0.4) is 0 Å². The van der Waals surface area contributed by atoms with E-state index in [0.717, 1.165) is 37.3 Å². The van der Waals surface area contributed by atoms with Gasteiger partial charge in [-0.2, -0.15) is 0 Å². The first kappa shape index (κ1) is 21.5. The van der Waals surface area contributed by atoms with Crippen molar-refractivity contribution in [3.63, 3.8) is 0 Å². The third-order valence-corrected chi connectivity index (χ3v) is 4.30. The van der Waals surface area contributed by atoms with E-state index in [-0.39, 0.29) is 30.7 Å². The highest BCUT2D eigenvalue weighted by atomic mass is 35.5. The van der Waals surface area contributed by atoms with E-state index in [1.807, 2.05) is 42.3 Å². The molecule has 1 N–H and O–H groups in total. The number of carbonyl (C=O) groups excluding carboxylic acids is 1. The fourth-order valence-electron chi connectivity index (χ4n) is 3.13. The largest absolute Gasteiger partial charge is 0.441 e. The highest BCUT2D eigenvalue weighted by Crippen LogP contribution is 2.21. The van der Waals surface area contributed by atoms with Crippen LogP contribution < -0.4 is 5.32 Å². The Kier molecular flexibility index (Phi) is 8.97. The number of likely N-dealkylation sites (tertiary alicyclic amines) is 1. The first-order valence-electron chi connectivity index (χ1n) is 8.22. The normalized spacial score (nSPS) is 16.2. The molecule has 1 fully saturated rings. The van der Waals surface area contributed by atoms with Gasteiger partial charge in [0, 0.05) is 37.5 Å². The first-order valence-corrected chi connectivity index (χ1v) is 8.22. The highest BCUT2D eigenvalue weighted by molar-refractivity contribution is 5.85. The Morgan fingerprint density at radius 1 is 1.32 bits per heavy atom. The quantitative estimate of drug-likeness (QED) is 0.828. The number of aromatic nitrogens is 1. The van der Waals surface area contributed by atoms with Crippen molar-refractivity contribution in [1.82, 2.24) is 15.2 Å². The van der Waals surface area contributed by atoms with E-state index in [0.29, 0.717) is 24.8 Å². The maximum atomic E-state index is 12.4.